The molecule has 7 nitrogen and oxygen atoms in total. The predicted molar refractivity (Wildman–Crippen MR) is 93.1 cm³/mol. The van der Waals surface area contributed by atoms with E-state index in [2.05, 4.69) is 10.3 Å². The van der Waals surface area contributed by atoms with E-state index < -0.39 is 6.09 Å². The Kier molecular flexibility index (Phi) is 4.94. The van der Waals surface area contributed by atoms with Crippen LogP contribution in [-0.2, 0) is 16.1 Å². The number of nitrogens with one attached hydrogen (secondary N) is 1. The summed E-state index contributed by atoms with van der Waals surface area (Å²) in [5, 5.41) is 2.75. The van der Waals surface area contributed by atoms with E-state index in [-0.39, 0.29) is 19.1 Å². The van der Waals surface area contributed by atoms with E-state index in [1.807, 2.05) is 34.7 Å². The molecule has 0 aliphatic rings. The van der Waals surface area contributed by atoms with Gasteiger partial charge in [0.15, 0.2) is 0 Å². The lowest BCUT2D eigenvalue weighted by molar-refractivity contribution is -0.116. The highest BCUT2D eigenvalue weighted by Crippen LogP contribution is 2.11. The molecule has 0 saturated carbocycles. The Hall–Kier alpha value is -3.35. The number of nitrogens with zero attached hydrogens (tertiary/aromatic N) is 3. The molecule has 0 aliphatic heterocycles. The van der Waals surface area contributed by atoms with E-state index in [1.165, 1.54) is 11.9 Å². The SMILES string of the molecule is CN(CC(=O)Nc1ccn2cncc2c1)C(=O)OCc1ccccc1. The number of benzene rings is 1. The van der Waals surface area contributed by atoms with Gasteiger partial charge in [0.05, 0.1) is 18.0 Å². The lowest BCUT2D eigenvalue weighted by atomic mass is 10.2. The summed E-state index contributed by atoms with van der Waals surface area (Å²) in [4.78, 5) is 29.3. The zero-order chi connectivity index (χ0) is 17.6. The van der Waals surface area contributed by atoms with E-state index in [0.29, 0.717) is 5.69 Å². The summed E-state index contributed by atoms with van der Waals surface area (Å²) in [6.07, 6.45) is 4.63. The van der Waals surface area contributed by atoms with Crippen molar-refractivity contribution in [2.45, 2.75) is 6.61 Å². The molecule has 1 N–H and O–H groups in total. The molecule has 0 aliphatic carbocycles. The first-order valence-corrected chi connectivity index (χ1v) is 7.75. The van der Waals surface area contributed by atoms with Gasteiger partial charge >= 0.3 is 6.09 Å². The Bertz CT molecular complexity index is 876. The number of likely N-dealkylation sites (N-methyl/N-ethyl adjacent to an activating group) is 1. The summed E-state index contributed by atoms with van der Waals surface area (Å²) >= 11 is 0. The minimum atomic E-state index is -0.551. The molecule has 0 fully saturated rings. The van der Waals surface area contributed by atoms with Gasteiger partial charge in [0.1, 0.15) is 13.2 Å². The number of hydrogen-bond donors (Lipinski definition) is 1. The van der Waals surface area contributed by atoms with Gasteiger partial charge in [-0.15, -0.1) is 0 Å². The molecule has 128 valence electrons. The van der Waals surface area contributed by atoms with Gasteiger partial charge in [0.25, 0.3) is 0 Å². The van der Waals surface area contributed by atoms with Gasteiger partial charge in [-0.2, -0.15) is 0 Å². The second kappa shape index (κ2) is 7.48. The molecule has 0 radical (unpaired) electrons. The summed E-state index contributed by atoms with van der Waals surface area (Å²) in [6, 6.07) is 12.9. The Labute approximate surface area is 144 Å². The Balaban J connectivity index is 1.50. The molecular formula is C18H18N4O3. The first-order chi connectivity index (χ1) is 12.1. The highest BCUT2D eigenvalue weighted by Gasteiger charge is 2.14. The molecule has 0 atom stereocenters. The quantitative estimate of drug-likeness (QED) is 0.776. The van der Waals surface area contributed by atoms with Crippen LogP contribution < -0.4 is 5.32 Å². The molecule has 3 aromatic rings. The molecule has 0 unspecified atom stereocenters. The monoisotopic (exact) mass is 338 g/mol. The molecule has 2 aromatic heterocycles. The van der Waals surface area contributed by atoms with E-state index in [1.54, 1.807) is 30.9 Å². The van der Waals surface area contributed by atoms with Gasteiger partial charge in [-0.1, -0.05) is 30.3 Å². The topological polar surface area (TPSA) is 75.9 Å². The van der Waals surface area contributed by atoms with Crippen LogP contribution in [0.2, 0.25) is 0 Å². The summed E-state index contributed by atoms with van der Waals surface area (Å²) < 4.78 is 7.02. The standard InChI is InChI=1S/C18H18N4O3/c1-21(18(24)25-12-14-5-3-2-4-6-14)11-17(23)20-15-7-8-22-13-19-10-16(22)9-15/h2-10,13H,11-12H2,1H3,(H,20,23). The Morgan fingerprint density at radius 3 is 2.84 bits per heavy atom. The second-order valence-corrected chi connectivity index (χ2v) is 5.59. The van der Waals surface area contributed by atoms with Crippen molar-refractivity contribution in [3.63, 3.8) is 0 Å². The summed E-state index contributed by atoms with van der Waals surface area (Å²) in [5.74, 6) is -0.303. The number of aromatic nitrogens is 2. The number of anilines is 1. The van der Waals surface area contributed by atoms with Crippen LogP contribution in [0, 0.1) is 0 Å². The summed E-state index contributed by atoms with van der Waals surface area (Å²) in [5.41, 5.74) is 2.40. The third-order valence-corrected chi connectivity index (χ3v) is 3.60. The normalized spacial score (nSPS) is 10.4. The van der Waals surface area contributed by atoms with Crippen molar-refractivity contribution < 1.29 is 14.3 Å². The molecule has 25 heavy (non-hydrogen) atoms. The van der Waals surface area contributed by atoms with Crippen molar-refractivity contribution in [1.29, 1.82) is 0 Å². The number of ether oxygens (including phenoxy) is 1. The maximum atomic E-state index is 12.1. The van der Waals surface area contributed by atoms with E-state index >= 15 is 0 Å². The van der Waals surface area contributed by atoms with Gasteiger partial charge in [-0.05, 0) is 17.7 Å². The van der Waals surface area contributed by atoms with Crippen LogP contribution in [-0.4, -0.2) is 39.9 Å². The van der Waals surface area contributed by atoms with Crippen molar-refractivity contribution in [3.05, 3.63) is 66.7 Å². The number of imidazole rings is 1. The number of pyridine rings is 1. The average molecular weight is 338 g/mol. The highest BCUT2D eigenvalue weighted by molar-refractivity contribution is 5.94. The molecule has 0 spiro atoms. The van der Waals surface area contributed by atoms with Crippen molar-refractivity contribution in [3.8, 4) is 0 Å². The van der Waals surface area contributed by atoms with Gasteiger partial charge in [0.2, 0.25) is 5.91 Å². The van der Waals surface area contributed by atoms with Crippen LogP contribution in [0.3, 0.4) is 0 Å². The number of hydrogen-bond acceptors (Lipinski definition) is 4. The lowest BCUT2D eigenvalue weighted by Gasteiger charge is -2.16. The van der Waals surface area contributed by atoms with Crippen molar-refractivity contribution >= 4 is 23.2 Å². The number of carbonyl (C=O) groups excluding carboxylic acids is 2. The third-order valence-electron chi connectivity index (χ3n) is 3.60. The first kappa shape index (κ1) is 16.5. The van der Waals surface area contributed by atoms with E-state index in [9.17, 15) is 9.59 Å². The Morgan fingerprint density at radius 2 is 2.04 bits per heavy atom. The zero-order valence-electron chi connectivity index (χ0n) is 13.8. The molecular weight excluding hydrogens is 320 g/mol. The molecule has 0 saturated heterocycles. The van der Waals surface area contributed by atoms with Crippen LogP contribution >= 0.6 is 0 Å². The minimum Gasteiger partial charge on any atom is -0.445 e. The molecule has 3 rings (SSSR count). The van der Waals surface area contributed by atoms with Gasteiger partial charge in [-0.25, -0.2) is 9.78 Å². The average Bonchev–Trinajstić information content (AvgIpc) is 3.08. The first-order valence-electron chi connectivity index (χ1n) is 7.75. The van der Waals surface area contributed by atoms with Crippen LogP contribution in [0.5, 0.6) is 0 Å². The molecule has 7 heteroatoms. The number of amides is 2. The van der Waals surface area contributed by atoms with Crippen LogP contribution in [0.15, 0.2) is 61.2 Å². The molecule has 1 aromatic carbocycles. The fourth-order valence-electron chi connectivity index (χ4n) is 2.31. The maximum absolute atomic E-state index is 12.1. The van der Waals surface area contributed by atoms with E-state index in [4.69, 9.17) is 4.74 Å². The van der Waals surface area contributed by atoms with Crippen LogP contribution in [0.1, 0.15) is 5.56 Å². The number of carbonyl (C=O) groups is 2. The predicted octanol–water partition coefficient (Wildman–Crippen LogP) is 2.54. The van der Waals surface area contributed by atoms with Crippen molar-refractivity contribution in [2.75, 3.05) is 18.9 Å². The fourth-order valence-corrected chi connectivity index (χ4v) is 2.31. The fraction of sp³-hybridized carbons (Fsp3) is 0.167. The molecule has 2 heterocycles. The smallest absolute Gasteiger partial charge is 0.410 e. The van der Waals surface area contributed by atoms with Crippen molar-refractivity contribution in [2.24, 2.45) is 0 Å². The summed E-state index contributed by atoms with van der Waals surface area (Å²) in [7, 11) is 1.52. The minimum absolute atomic E-state index is 0.0991. The molecule has 0 bridgehead atoms. The number of fused-ring (bicyclic) bond motifs is 1. The zero-order valence-corrected chi connectivity index (χ0v) is 13.8. The number of rotatable bonds is 5. The van der Waals surface area contributed by atoms with E-state index in [0.717, 1.165) is 11.1 Å². The van der Waals surface area contributed by atoms with Gasteiger partial charge in [-0.3, -0.25) is 4.79 Å². The highest BCUT2D eigenvalue weighted by atomic mass is 16.6. The third kappa shape index (κ3) is 4.35. The summed E-state index contributed by atoms with van der Waals surface area (Å²) in [6.45, 7) is 0.0710. The maximum Gasteiger partial charge on any atom is 0.410 e. The van der Waals surface area contributed by atoms with Gasteiger partial charge in [0, 0.05) is 18.9 Å². The second-order valence-electron chi connectivity index (χ2n) is 5.59. The Morgan fingerprint density at radius 1 is 1.24 bits per heavy atom. The van der Waals surface area contributed by atoms with Crippen molar-refractivity contribution in [1.82, 2.24) is 14.3 Å². The van der Waals surface area contributed by atoms with Crippen LogP contribution in [0.25, 0.3) is 5.52 Å². The van der Waals surface area contributed by atoms with Gasteiger partial charge < -0.3 is 19.4 Å². The van der Waals surface area contributed by atoms with Crippen LogP contribution in [0.4, 0.5) is 10.5 Å². The lowest BCUT2D eigenvalue weighted by Crippen LogP contribution is -2.35. The molecule has 2 amide bonds. The largest absolute Gasteiger partial charge is 0.445 e.